The first-order valence-corrected chi connectivity index (χ1v) is 21.6. The van der Waals surface area contributed by atoms with Gasteiger partial charge in [0.25, 0.3) is 0 Å². The molecule has 3 heteroatoms. The van der Waals surface area contributed by atoms with Crippen LogP contribution in [0.5, 0.6) is 0 Å². The van der Waals surface area contributed by atoms with Crippen LogP contribution in [-0.2, 0) is 0 Å². The number of nitrogens with zero attached hydrogens (tertiary/aromatic N) is 2. The maximum atomic E-state index is 6.54. The van der Waals surface area contributed by atoms with Crippen molar-refractivity contribution in [3.63, 3.8) is 0 Å². The van der Waals surface area contributed by atoms with Crippen LogP contribution in [0.25, 0.3) is 121 Å². The molecular weight excluding hydrogens is 765 g/mol. The molecule has 0 saturated heterocycles. The Bertz CT molecular complexity index is 3650. The summed E-state index contributed by atoms with van der Waals surface area (Å²) in [5.41, 5.74) is 18.3. The SMILES string of the molecule is c1ccc(-c2cccc(-c3ccc4c(c3)c3ccccc3n4-c3ccc4oc5ccc(-n6c7ccccc7c7cc(-c8cccc(-c9ccccc9)c8)ccc76)cc5c4c3)c2)cc1. The van der Waals surface area contributed by atoms with Crippen molar-refractivity contribution in [2.24, 2.45) is 0 Å². The Morgan fingerprint density at radius 2 is 0.587 bits per heavy atom. The van der Waals surface area contributed by atoms with Crippen LogP contribution in [0.3, 0.4) is 0 Å². The third-order valence-electron chi connectivity index (χ3n) is 12.9. The molecular formula is C60H38N2O. The van der Waals surface area contributed by atoms with Crippen molar-refractivity contribution in [3.8, 4) is 55.9 Å². The highest BCUT2D eigenvalue weighted by atomic mass is 16.3. The highest BCUT2D eigenvalue weighted by Crippen LogP contribution is 2.40. The van der Waals surface area contributed by atoms with Gasteiger partial charge in [0, 0.05) is 43.7 Å². The van der Waals surface area contributed by atoms with Gasteiger partial charge in [-0.2, -0.15) is 0 Å². The molecule has 3 heterocycles. The fourth-order valence-electron chi connectivity index (χ4n) is 9.91. The quantitative estimate of drug-likeness (QED) is 0.164. The molecule has 63 heavy (non-hydrogen) atoms. The van der Waals surface area contributed by atoms with Gasteiger partial charge in [-0.25, -0.2) is 0 Å². The first kappa shape index (κ1) is 35.4. The van der Waals surface area contributed by atoms with Gasteiger partial charge >= 0.3 is 0 Å². The highest BCUT2D eigenvalue weighted by Gasteiger charge is 2.18. The molecule has 13 aromatic rings. The van der Waals surface area contributed by atoms with Crippen molar-refractivity contribution < 1.29 is 4.42 Å². The number of fused-ring (bicyclic) bond motifs is 9. The Kier molecular flexibility index (Phi) is 7.91. The molecule has 0 amide bonds. The molecule has 0 aliphatic carbocycles. The summed E-state index contributed by atoms with van der Waals surface area (Å²) in [6.45, 7) is 0. The van der Waals surface area contributed by atoms with Crippen molar-refractivity contribution in [1.29, 1.82) is 0 Å². The summed E-state index contributed by atoms with van der Waals surface area (Å²) in [4.78, 5) is 0. The van der Waals surface area contributed by atoms with E-state index in [2.05, 4.69) is 240 Å². The van der Waals surface area contributed by atoms with Crippen LogP contribution in [0.1, 0.15) is 0 Å². The monoisotopic (exact) mass is 802 g/mol. The lowest BCUT2D eigenvalue weighted by molar-refractivity contribution is 0.669. The first-order valence-electron chi connectivity index (χ1n) is 21.6. The predicted molar refractivity (Wildman–Crippen MR) is 264 cm³/mol. The minimum absolute atomic E-state index is 0.872. The van der Waals surface area contributed by atoms with E-state index in [0.717, 1.165) is 33.3 Å². The number of para-hydroxylation sites is 2. The molecule has 0 saturated carbocycles. The minimum Gasteiger partial charge on any atom is -0.456 e. The van der Waals surface area contributed by atoms with Gasteiger partial charge in [-0.05, 0) is 129 Å². The van der Waals surface area contributed by atoms with E-state index >= 15 is 0 Å². The van der Waals surface area contributed by atoms with Crippen molar-refractivity contribution in [2.45, 2.75) is 0 Å². The van der Waals surface area contributed by atoms with Crippen molar-refractivity contribution >= 4 is 65.6 Å². The predicted octanol–water partition coefficient (Wildman–Crippen LogP) is 16.4. The second kappa shape index (κ2) is 14.1. The lowest BCUT2D eigenvalue weighted by Crippen LogP contribution is -1.94. The van der Waals surface area contributed by atoms with Gasteiger partial charge in [0.15, 0.2) is 0 Å². The molecule has 3 aromatic heterocycles. The average Bonchev–Trinajstić information content (AvgIpc) is 4.01. The molecule has 0 fully saturated rings. The number of furan rings is 1. The normalized spacial score (nSPS) is 11.8. The number of hydrogen-bond donors (Lipinski definition) is 0. The van der Waals surface area contributed by atoms with Crippen LogP contribution in [0.4, 0.5) is 0 Å². The Hall–Kier alpha value is -8.40. The fraction of sp³-hybridized carbons (Fsp3) is 0. The topological polar surface area (TPSA) is 23.0 Å². The van der Waals surface area contributed by atoms with E-state index in [1.807, 2.05) is 0 Å². The molecule has 294 valence electrons. The van der Waals surface area contributed by atoms with E-state index in [9.17, 15) is 0 Å². The molecule has 0 aliphatic heterocycles. The molecule has 3 nitrogen and oxygen atoms in total. The summed E-state index contributed by atoms with van der Waals surface area (Å²) in [7, 11) is 0. The average molecular weight is 803 g/mol. The van der Waals surface area contributed by atoms with E-state index in [-0.39, 0.29) is 0 Å². The van der Waals surface area contributed by atoms with Crippen LogP contribution >= 0.6 is 0 Å². The lowest BCUT2D eigenvalue weighted by atomic mass is 9.98. The van der Waals surface area contributed by atoms with Crippen molar-refractivity contribution in [2.75, 3.05) is 0 Å². The van der Waals surface area contributed by atoms with Gasteiger partial charge in [0.05, 0.1) is 22.1 Å². The van der Waals surface area contributed by atoms with Crippen LogP contribution in [0.2, 0.25) is 0 Å². The van der Waals surface area contributed by atoms with Gasteiger partial charge in [0.1, 0.15) is 11.2 Å². The Morgan fingerprint density at radius 3 is 1.05 bits per heavy atom. The maximum absolute atomic E-state index is 6.54. The molecule has 0 spiro atoms. The van der Waals surface area contributed by atoms with Crippen LogP contribution in [0.15, 0.2) is 235 Å². The molecule has 0 radical (unpaired) electrons. The summed E-state index contributed by atoms with van der Waals surface area (Å²) < 4.78 is 11.3. The van der Waals surface area contributed by atoms with E-state index < -0.39 is 0 Å². The zero-order valence-electron chi connectivity index (χ0n) is 34.2. The van der Waals surface area contributed by atoms with Gasteiger partial charge in [-0.3, -0.25) is 0 Å². The van der Waals surface area contributed by atoms with E-state index in [0.29, 0.717) is 0 Å². The summed E-state index contributed by atoms with van der Waals surface area (Å²) in [5, 5.41) is 7.09. The fourth-order valence-corrected chi connectivity index (χ4v) is 9.91. The third-order valence-corrected chi connectivity index (χ3v) is 12.9. The molecule has 0 N–H and O–H groups in total. The number of rotatable bonds is 6. The van der Waals surface area contributed by atoms with Crippen LogP contribution in [0, 0.1) is 0 Å². The summed E-state index contributed by atoms with van der Waals surface area (Å²) in [6.07, 6.45) is 0. The molecule has 13 rings (SSSR count). The second-order valence-electron chi connectivity index (χ2n) is 16.5. The Balaban J connectivity index is 0.929. The smallest absolute Gasteiger partial charge is 0.135 e. The highest BCUT2D eigenvalue weighted by molar-refractivity contribution is 6.13. The summed E-state index contributed by atoms with van der Waals surface area (Å²) in [5.74, 6) is 0. The van der Waals surface area contributed by atoms with Gasteiger partial charge in [-0.15, -0.1) is 0 Å². The van der Waals surface area contributed by atoms with Crippen molar-refractivity contribution in [1.82, 2.24) is 9.13 Å². The van der Waals surface area contributed by atoms with Gasteiger partial charge in [0.2, 0.25) is 0 Å². The standard InChI is InChI=1S/C60H38N2O/c1-3-13-39(14-4-1)41-17-11-19-43(33-41)45-25-29-57-51(35-45)49-21-7-9-23-55(49)61(57)47-27-31-59-53(37-47)54-38-48(28-32-60(54)63-59)62-56-24-10-8-22-50(56)52-36-46(26-30-58(52)62)44-20-12-18-42(34-44)40-15-5-2-6-16-40/h1-38H. The van der Waals surface area contributed by atoms with Gasteiger partial charge < -0.3 is 13.6 Å². The zero-order chi connectivity index (χ0) is 41.4. The maximum Gasteiger partial charge on any atom is 0.135 e. The van der Waals surface area contributed by atoms with E-state index in [4.69, 9.17) is 4.42 Å². The molecule has 0 unspecified atom stereocenters. The number of aromatic nitrogens is 2. The molecule has 0 bridgehead atoms. The molecule has 0 aliphatic rings. The number of hydrogen-bond acceptors (Lipinski definition) is 1. The summed E-state index contributed by atoms with van der Waals surface area (Å²) in [6, 6.07) is 83.4. The molecule has 0 atom stereocenters. The van der Waals surface area contributed by atoms with Gasteiger partial charge in [-0.1, -0.05) is 146 Å². The third kappa shape index (κ3) is 5.75. The zero-order valence-corrected chi connectivity index (χ0v) is 34.2. The van der Waals surface area contributed by atoms with E-state index in [1.54, 1.807) is 0 Å². The van der Waals surface area contributed by atoms with E-state index in [1.165, 1.54) is 88.1 Å². The van der Waals surface area contributed by atoms with Crippen LogP contribution in [-0.4, -0.2) is 9.13 Å². The Morgan fingerprint density at radius 1 is 0.222 bits per heavy atom. The first-order chi connectivity index (χ1) is 31.2. The largest absolute Gasteiger partial charge is 0.456 e. The second-order valence-corrected chi connectivity index (χ2v) is 16.5. The minimum atomic E-state index is 0.872. The summed E-state index contributed by atoms with van der Waals surface area (Å²) >= 11 is 0. The van der Waals surface area contributed by atoms with Crippen molar-refractivity contribution in [3.05, 3.63) is 231 Å². The molecule has 10 aromatic carbocycles. The van der Waals surface area contributed by atoms with Crippen LogP contribution < -0.4 is 0 Å². The number of benzene rings is 10. The Labute approximate surface area is 363 Å². The lowest BCUT2D eigenvalue weighted by Gasteiger charge is -2.10.